The van der Waals surface area contributed by atoms with Crippen LogP contribution in [0.5, 0.6) is 0 Å². The molecule has 0 amide bonds. The highest BCUT2D eigenvalue weighted by Gasteiger charge is 2.13. The Kier molecular flexibility index (Phi) is 4.43. The number of hydrogen-bond acceptors (Lipinski definition) is 1. The summed E-state index contributed by atoms with van der Waals surface area (Å²) in [5, 5.41) is 0.768. The predicted molar refractivity (Wildman–Crippen MR) is 62.5 cm³/mol. The zero-order valence-corrected chi connectivity index (χ0v) is 9.59. The van der Waals surface area contributed by atoms with Crippen LogP contribution in [-0.4, -0.2) is 0 Å². The van der Waals surface area contributed by atoms with Crippen molar-refractivity contribution in [1.82, 2.24) is 0 Å². The van der Waals surface area contributed by atoms with Gasteiger partial charge in [-0.3, -0.25) is 0 Å². The molecule has 0 heterocycles. The third-order valence-electron chi connectivity index (χ3n) is 2.61. The molecule has 1 aromatic carbocycles. The summed E-state index contributed by atoms with van der Waals surface area (Å²) in [4.78, 5) is 0. The molecule has 1 rings (SSSR count). The van der Waals surface area contributed by atoms with Crippen molar-refractivity contribution in [2.75, 3.05) is 0 Å². The topological polar surface area (TPSA) is 26.0 Å². The van der Waals surface area contributed by atoms with E-state index in [0.717, 1.165) is 5.02 Å². The molecular formula is C12H18ClN. The lowest BCUT2D eigenvalue weighted by Gasteiger charge is -2.19. The molecule has 0 spiro atoms. The van der Waals surface area contributed by atoms with E-state index in [9.17, 15) is 0 Å². The number of rotatable bonds is 4. The van der Waals surface area contributed by atoms with Crippen LogP contribution in [0, 0.1) is 5.92 Å². The van der Waals surface area contributed by atoms with Crippen LogP contribution < -0.4 is 5.73 Å². The quantitative estimate of drug-likeness (QED) is 0.806. The number of hydrogen-bond donors (Lipinski definition) is 1. The molecule has 2 heteroatoms. The number of halogens is 1. The highest BCUT2D eigenvalue weighted by molar-refractivity contribution is 6.30. The molecule has 0 aromatic heterocycles. The Morgan fingerprint density at radius 1 is 1.29 bits per heavy atom. The second kappa shape index (κ2) is 5.38. The van der Waals surface area contributed by atoms with Gasteiger partial charge in [0.1, 0.15) is 0 Å². The van der Waals surface area contributed by atoms with Crippen LogP contribution >= 0.6 is 11.6 Å². The van der Waals surface area contributed by atoms with Gasteiger partial charge in [0, 0.05) is 11.1 Å². The average molecular weight is 212 g/mol. The third-order valence-corrected chi connectivity index (χ3v) is 2.86. The molecule has 0 aliphatic rings. The molecule has 78 valence electrons. The third kappa shape index (κ3) is 3.00. The van der Waals surface area contributed by atoms with Gasteiger partial charge in [-0.15, -0.1) is 0 Å². The van der Waals surface area contributed by atoms with Gasteiger partial charge in [0.25, 0.3) is 0 Å². The molecule has 14 heavy (non-hydrogen) atoms. The van der Waals surface area contributed by atoms with E-state index in [-0.39, 0.29) is 6.04 Å². The second-order valence-electron chi connectivity index (χ2n) is 3.84. The first kappa shape index (κ1) is 11.5. The van der Waals surface area contributed by atoms with Crippen LogP contribution in [0.4, 0.5) is 0 Å². The Labute approximate surface area is 91.3 Å². The summed E-state index contributed by atoms with van der Waals surface area (Å²) < 4.78 is 0. The van der Waals surface area contributed by atoms with E-state index in [1.165, 1.54) is 18.4 Å². The van der Waals surface area contributed by atoms with Crippen molar-refractivity contribution in [3.05, 3.63) is 34.9 Å². The van der Waals surface area contributed by atoms with E-state index in [0.29, 0.717) is 5.92 Å². The van der Waals surface area contributed by atoms with E-state index in [2.05, 4.69) is 13.8 Å². The summed E-state index contributed by atoms with van der Waals surface area (Å²) in [6, 6.07) is 7.95. The summed E-state index contributed by atoms with van der Waals surface area (Å²) in [5.74, 6) is 0.529. The lowest BCUT2D eigenvalue weighted by Crippen LogP contribution is -2.18. The Morgan fingerprint density at radius 3 is 2.36 bits per heavy atom. The van der Waals surface area contributed by atoms with Gasteiger partial charge < -0.3 is 5.73 Å². The van der Waals surface area contributed by atoms with Gasteiger partial charge in [-0.1, -0.05) is 44.0 Å². The molecule has 0 aliphatic heterocycles. The van der Waals surface area contributed by atoms with Crippen LogP contribution in [-0.2, 0) is 0 Å². The van der Waals surface area contributed by atoms with Crippen molar-refractivity contribution in [3.8, 4) is 0 Å². The van der Waals surface area contributed by atoms with Crippen molar-refractivity contribution in [2.45, 2.75) is 32.7 Å². The van der Waals surface area contributed by atoms with Gasteiger partial charge >= 0.3 is 0 Å². The fraction of sp³-hybridized carbons (Fsp3) is 0.500. The summed E-state index contributed by atoms with van der Waals surface area (Å²) in [5.41, 5.74) is 7.31. The molecule has 0 fully saturated rings. The summed E-state index contributed by atoms with van der Waals surface area (Å²) in [6.45, 7) is 4.38. The van der Waals surface area contributed by atoms with Crippen molar-refractivity contribution >= 4 is 11.6 Å². The lowest BCUT2D eigenvalue weighted by atomic mass is 9.92. The van der Waals surface area contributed by atoms with Crippen molar-refractivity contribution in [3.63, 3.8) is 0 Å². The number of benzene rings is 1. The van der Waals surface area contributed by atoms with Crippen LogP contribution in [0.15, 0.2) is 24.3 Å². The Hall–Kier alpha value is -0.530. The average Bonchev–Trinajstić information content (AvgIpc) is 2.18. The Balaban J connectivity index is 2.68. The zero-order chi connectivity index (χ0) is 10.6. The normalized spacial score (nSPS) is 15.1. The van der Waals surface area contributed by atoms with E-state index in [4.69, 9.17) is 17.3 Å². The largest absolute Gasteiger partial charge is 0.324 e. The van der Waals surface area contributed by atoms with Crippen molar-refractivity contribution in [2.24, 2.45) is 11.7 Å². The van der Waals surface area contributed by atoms with Gasteiger partial charge in [-0.05, 0) is 30.0 Å². The molecule has 0 saturated carbocycles. The minimum atomic E-state index is 0.132. The SMILES string of the molecule is CCCC(C)C(N)c1ccc(Cl)cc1. The molecule has 1 aromatic rings. The van der Waals surface area contributed by atoms with Crippen molar-refractivity contribution in [1.29, 1.82) is 0 Å². The molecule has 0 radical (unpaired) electrons. The van der Waals surface area contributed by atoms with E-state index in [1.807, 2.05) is 24.3 Å². The highest BCUT2D eigenvalue weighted by atomic mass is 35.5. The fourth-order valence-corrected chi connectivity index (χ4v) is 1.77. The number of nitrogens with two attached hydrogens (primary N) is 1. The van der Waals surface area contributed by atoms with Crippen LogP contribution in [0.3, 0.4) is 0 Å². The zero-order valence-electron chi connectivity index (χ0n) is 8.83. The second-order valence-corrected chi connectivity index (χ2v) is 4.28. The van der Waals surface area contributed by atoms with Gasteiger partial charge in [0.15, 0.2) is 0 Å². The maximum Gasteiger partial charge on any atom is 0.0406 e. The summed E-state index contributed by atoms with van der Waals surface area (Å²) in [7, 11) is 0. The van der Waals surface area contributed by atoms with E-state index >= 15 is 0 Å². The van der Waals surface area contributed by atoms with Crippen LogP contribution in [0.25, 0.3) is 0 Å². The first-order valence-electron chi connectivity index (χ1n) is 5.16. The van der Waals surface area contributed by atoms with Crippen molar-refractivity contribution < 1.29 is 0 Å². The van der Waals surface area contributed by atoms with Gasteiger partial charge in [0.2, 0.25) is 0 Å². The van der Waals surface area contributed by atoms with Crippen LogP contribution in [0.2, 0.25) is 5.02 Å². The molecule has 2 atom stereocenters. The monoisotopic (exact) mass is 211 g/mol. The highest BCUT2D eigenvalue weighted by Crippen LogP contribution is 2.24. The molecule has 2 unspecified atom stereocenters. The molecule has 0 bridgehead atoms. The Bertz CT molecular complexity index is 268. The predicted octanol–water partition coefficient (Wildman–Crippen LogP) is 3.78. The maximum atomic E-state index is 6.13. The van der Waals surface area contributed by atoms with Gasteiger partial charge in [-0.2, -0.15) is 0 Å². The minimum absolute atomic E-state index is 0.132. The first-order valence-corrected chi connectivity index (χ1v) is 5.54. The first-order chi connectivity index (χ1) is 6.65. The molecule has 1 nitrogen and oxygen atoms in total. The van der Waals surface area contributed by atoms with Gasteiger partial charge in [-0.25, -0.2) is 0 Å². The minimum Gasteiger partial charge on any atom is -0.324 e. The maximum absolute atomic E-state index is 6.13. The van der Waals surface area contributed by atoms with Crippen LogP contribution in [0.1, 0.15) is 38.3 Å². The fourth-order valence-electron chi connectivity index (χ4n) is 1.65. The molecule has 0 saturated heterocycles. The lowest BCUT2D eigenvalue weighted by molar-refractivity contribution is 0.434. The summed E-state index contributed by atoms with van der Waals surface area (Å²) >= 11 is 5.82. The van der Waals surface area contributed by atoms with E-state index < -0.39 is 0 Å². The standard InChI is InChI=1S/C12H18ClN/c1-3-4-9(2)12(14)10-5-7-11(13)8-6-10/h5-9,12H,3-4,14H2,1-2H3. The summed E-state index contributed by atoms with van der Waals surface area (Å²) in [6.07, 6.45) is 2.35. The van der Waals surface area contributed by atoms with E-state index in [1.54, 1.807) is 0 Å². The molecule has 2 N–H and O–H groups in total. The molecular weight excluding hydrogens is 194 g/mol. The van der Waals surface area contributed by atoms with Gasteiger partial charge in [0.05, 0.1) is 0 Å². The Morgan fingerprint density at radius 2 is 1.86 bits per heavy atom. The smallest absolute Gasteiger partial charge is 0.0406 e. The molecule has 0 aliphatic carbocycles.